The van der Waals surface area contributed by atoms with Crippen molar-refractivity contribution in [3.63, 3.8) is 0 Å². The lowest BCUT2D eigenvalue weighted by atomic mass is 9.68. The zero-order chi connectivity index (χ0) is 27.9. The fourth-order valence-electron chi connectivity index (χ4n) is 7.47. The van der Waals surface area contributed by atoms with Gasteiger partial charge in [-0.1, -0.05) is 147 Å². The maximum Gasteiger partial charge on any atom is 0.494 e. The summed E-state index contributed by atoms with van der Waals surface area (Å²) in [5.41, 5.74) is 6.98. The molecule has 4 rings (SSSR count). The highest BCUT2D eigenvalue weighted by Crippen LogP contribution is 2.54. The highest BCUT2D eigenvalue weighted by atomic mass is 16.7. The van der Waals surface area contributed by atoms with Crippen molar-refractivity contribution >= 4 is 12.6 Å². The number of rotatable bonds is 16. The van der Waals surface area contributed by atoms with Crippen molar-refractivity contribution in [1.82, 2.24) is 0 Å². The number of hydrogen-bond donors (Lipinski definition) is 0. The summed E-state index contributed by atoms with van der Waals surface area (Å²) in [6.45, 7) is 13.5. The van der Waals surface area contributed by atoms with E-state index < -0.39 is 0 Å². The standard InChI is InChI=1S/C36H55BO2/c1-7-9-11-13-15-19-25-36(26-20-16-14-12-10-8-2)32-22-18-17-21-30(32)31-24-23-29(27-33(31)36)37-38-34(28(3)4)35(5,6)39-37/h17-18,21-24,27-28,34H,7-16,19-20,25-26H2,1-6H3. The molecule has 3 heteroatoms. The van der Waals surface area contributed by atoms with E-state index >= 15 is 0 Å². The molecular formula is C36H55BO2. The zero-order valence-corrected chi connectivity index (χ0v) is 26.0. The quantitative estimate of drug-likeness (QED) is 0.159. The normalized spacial score (nSPS) is 19.1. The predicted molar refractivity (Wildman–Crippen MR) is 169 cm³/mol. The van der Waals surface area contributed by atoms with Gasteiger partial charge in [0.1, 0.15) is 0 Å². The van der Waals surface area contributed by atoms with Gasteiger partial charge in [0.05, 0.1) is 11.7 Å². The molecule has 1 aliphatic carbocycles. The highest BCUT2D eigenvalue weighted by molar-refractivity contribution is 6.62. The van der Waals surface area contributed by atoms with Gasteiger partial charge in [-0.25, -0.2) is 0 Å². The average molecular weight is 531 g/mol. The summed E-state index contributed by atoms with van der Waals surface area (Å²) in [7, 11) is -0.290. The summed E-state index contributed by atoms with van der Waals surface area (Å²) < 4.78 is 13.1. The Morgan fingerprint density at radius 1 is 0.718 bits per heavy atom. The summed E-state index contributed by atoms with van der Waals surface area (Å²) in [5.74, 6) is 0.420. The molecule has 2 aromatic rings. The smallest absolute Gasteiger partial charge is 0.401 e. The van der Waals surface area contributed by atoms with Crippen molar-refractivity contribution in [3.8, 4) is 11.1 Å². The summed E-state index contributed by atoms with van der Waals surface area (Å²) >= 11 is 0. The van der Waals surface area contributed by atoms with Gasteiger partial charge in [0.25, 0.3) is 0 Å². The fourth-order valence-corrected chi connectivity index (χ4v) is 7.47. The van der Waals surface area contributed by atoms with Gasteiger partial charge in [-0.05, 0) is 60.3 Å². The minimum absolute atomic E-state index is 0.100. The molecule has 0 saturated carbocycles. The largest absolute Gasteiger partial charge is 0.494 e. The van der Waals surface area contributed by atoms with Crippen LogP contribution in [0.5, 0.6) is 0 Å². The van der Waals surface area contributed by atoms with E-state index in [1.807, 2.05) is 0 Å². The molecule has 0 aromatic heterocycles. The van der Waals surface area contributed by atoms with Crippen molar-refractivity contribution in [2.45, 2.75) is 149 Å². The van der Waals surface area contributed by atoms with Crippen molar-refractivity contribution < 1.29 is 9.31 Å². The van der Waals surface area contributed by atoms with E-state index in [4.69, 9.17) is 9.31 Å². The minimum atomic E-state index is -0.290. The Bertz CT molecular complexity index is 1030. The van der Waals surface area contributed by atoms with E-state index in [2.05, 4.69) is 84.0 Å². The average Bonchev–Trinajstić information content (AvgIpc) is 3.40. The van der Waals surface area contributed by atoms with Gasteiger partial charge in [-0.15, -0.1) is 0 Å². The van der Waals surface area contributed by atoms with E-state index in [9.17, 15) is 0 Å². The monoisotopic (exact) mass is 530 g/mol. The molecule has 1 saturated heterocycles. The molecular weight excluding hydrogens is 475 g/mol. The first-order valence-electron chi connectivity index (χ1n) is 16.4. The van der Waals surface area contributed by atoms with Crippen molar-refractivity contribution in [1.29, 1.82) is 0 Å². The van der Waals surface area contributed by atoms with Crippen molar-refractivity contribution in [2.75, 3.05) is 0 Å². The Morgan fingerprint density at radius 3 is 1.87 bits per heavy atom. The number of fused-ring (bicyclic) bond motifs is 3. The maximum atomic E-state index is 6.58. The molecule has 0 N–H and O–H groups in total. The topological polar surface area (TPSA) is 18.5 Å². The predicted octanol–water partition coefficient (Wildman–Crippen LogP) is 10.00. The van der Waals surface area contributed by atoms with E-state index in [1.54, 1.807) is 5.56 Å². The van der Waals surface area contributed by atoms with Gasteiger partial charge in [-0.3, -0.25) is 0 Å². The molecule has 0 spiro atoms. The van der Waals surface area contributed by atoms with Crippen LogP contribution in [0.1, 0.15) is 143 Å². The Kier molecular flexibility index (Phi) is 10.8. The summed E-state index contributed by atoms with van der Waals surface area (Å²) in [6.07, 6.45) is 18.7. The molecule has 0 bridgehead atoms. The van der Waals surface area contributed by atoms with Crippen LogP contribution in [0.15, 0.2) is 42.5 Å². The van der Waals surface area contributed by atoms with Gasteiger partial charge in [0.15, 0.2) is 0 Å². The first kappa shape index (κ1) is 30.4. The van der Waals surface area contributed by atoms with Gasteiger partial charge >= 0.3 is 7.12 Å². The van der Waals surface area contributed by atoms with E-state index in [1.165, 1.54) is 112 Å². The molecule has 0 radical (unpaired) electrons. The van der Waals surface area contributed by atoms with Crippen LogP contribution in [0.4, 0.5) is 0 Å². The molecule has 1 aliphatic heterocycles. The van der Waals surface area contributed by atoms with E-state index in [0.29, 0.717) is 5.92 Å². The molecule has 1 heterocycles. The molecule has 2 aliphatic rings. The zero-order valence-electron chi connectivity index (χ0n) is 26.0. The van der Waals surface area contributed by atoms with Crippen LogP contribution in [0.2, 0.25) is 0 Å². The second kappa shape index (κ2) is 13.9. The minimum Gasteiger partial charge on any atom is -0.401 e. The summed E-state index contributed by atoms with van der Waals surface area (Å²) in [4.78, 5) is 0. The third-order valence-corrected chi connectivity index (χ3v) is 9.45. The van der Waals surface area contributed by atoms with Crippen molar-refractivity contribution in [2.24, 2.45) is 5.92 Å². The van der Waals surface area contributed by atoms with Crippen LogP contribution >= 0.6 is 0 Å². The maximum absolute atomic E-state index is 6.58. The van der Waals surface area contributed by atoms with Gasteiger partial charge < -0.3 is 9.31 Å². The Balaban J connectivity index is 1.64. The second-order valence-electron chi connectivity index (χ2n) is 13.3. The second-order valence-corrected chi connectivity index (χ2v) is 13.3. The summed E-state index contributed by atoms with van der Waals surface area (Å²) in [6, 6.07) is 16.4. The van der Waals surface area contributed by atoms with E-state index in [-0.39, 0.29) is 24.2 Å². The fraction of sp³-hybridized carbons (Fsp3) is 0.667. The Hall–Kier alpha value is -1.58. The molecule has 0 amide bonds. The SMILES string of the molecule is CCCCCCCCC1(CCCCCCCC)c2ccccc2-c2ccc(B3OC(C(C)C)C(C)(C)O3)cc21. The van der Waals surface area contributed by atoms with Crippen LogP contribution in [0, 0.1) is 5.92 Å². The third-order valence-electron chi connectivity index (χ3n) is 9.45. The molecule has 1 fully saturated rings. The molecule has 39 heavy (non-hydrogen) atoms. The lowest BCUT2D eigenvalue weighted by Gasteiger charge is -2.33. The number of benzene rings is 2. The van der Waals surface area contributed by atoms with Crippen LogP contribution in [0.25, 0.3) is 11.1 Å². The summed E-state index contributed by atoms with van der Waals surface area (Å²) in [5, 5.41) is 0. The van der Waals surface area contributed by atoms with Crippen LogP contribution in [-0.2, 0) is 14.7 Å². The molecule has 1 atom stereocenters. The first-order valence-corrected chi connectivity index (χ1v) is 16.4. The van der Waals surface area contributed by atoms with Crippen LogP contribution < -0.4 is 5.46 Å². The molecule has 1 unspecified atom stereocenters. The molecule has 2 nitrogen and oxygen atoms in total. The van der Waals surface area contributed by atoms with Gasteiger partial charge in [0, 0.05) is 5.41 Å². The number of hydrogen-bond acceptors (Lipinski definition) is 2. The third kappa shape index (κ3) is 6.84. The Morgan fingerprint density at radius 2 is 1.28 bits per heavy atom. The van der Waals surface area contributed by atoms with Gasteiger partial charge in [-0.2, -0.15) is 0 Å². The molecule has 214 valence electrons. The lowest BCUT2D eigenvalue weighted by molar-refractivity contribution is 0.0438. The molecule has 2 aromatic carbocycles. The number of unbranched alkanes of at least 4 members (excludes halogenated alkanes) is 10. The Labute approximate surface area is 240 Å². The van der Waals surface area contributed by atoms with Gasteiger partial charge in [0.2, 0.25) is 0 Å². The van der Waals surface area contributed by atoms with Crippen molar-refractivity contribution in [3.05, 3.63) is 53.6 Å². The van der Waals surface area contributed by atoms with Crippen LogP contribution in [-0.4, -0.2) is 18.8 Å². The highest BCUT2D eigenvalue weighted by Gasteiger charge is 2.49. The first-order chi connectivity index (χ1) is 18.8. The lowest BCUT2D eigenvalue weighted by Crippen LogP contribution is -2.37. The van der Waals surface area contributed by atoms with Crippen LogP contribution in [0.3, 0.4) is 0 Å². The van der Waals surface area contributed by atoms with E-state index in [0.717, 1.165) is 0 Å².